The summed E-state index contributed by atoms with van der Waals surface area (Å²) in [7, 11) is -3.74. The topological polar surface area (TPSA) is 63.6 Å². The Bertz CT molecular complexity index is 1060. The van der Waals surface area contributed by atoms with Crippen molar-refractivity contribution in [3.8, 4) is 0 Å². The van der Waals surface area contributed by atoms with Crippen molar-refractivity contribution in [1.82, 2.24) is 0 Å². The first-order chi connectivity index (χ1) is 13.4. The number of halogens is 1. The van der Waals surface area contributed by atoms with E-state index in [1.54, 1.807) is 12.1 Å². The highest BCUT2D eigenvalue weighted by molar-refractivity contribution is 7.91. The summed E-state index contributed by atoms with van der Waals surface area (Å²) in [6, 6.07) is 10.4. The molecule has 1 aliphatic carbocycles. The summed E-state index contributed by atoms with van der Waals surface area (Å²) < 4.78 is 39.2. The molecule has 2 aromatic carbocycles. The summed E-state index contributed by atoms with van der Waals surface area (Å²) in [5, 5.41) is 0. The van der Waals surface area contributed by atoms with Crippen LogP contribution in [0.1, 0.15) is 49.1 Å². The van der Waals surface area contributed by atoms with Crippen LogP contribution < -0.4 is 0 Å². The van der Waals surface area contributed by atoms with Crippen molar-refractivity contribution < 1.29 is 17.6 Å². The quantitative estimate of drug-likeness (QED) is 0.754. The molecule has 0 amide bonds. The number of ketones is 1. The standard InChI is InChI=1S/C22H22FNO3S/c23-17-5-2-6-20(12-17)28(26,27)21-9-10-22-15(3-1-4-16(22)11-21)7-8-18-13-19(25)14-24-18/h2,5-6,9-12,15H,1,3-4,7-8,13-14H2/t15-/m0/s1. The first-order valence-corrected chi connectivity index (χ1v) is 11.1. The van der Waals surface area contributed by atoms with Crippen LogP contribution in [-0.4, -0.2) is 26.5 Å². The average Bonchev–Trinajstić information content (AvgIpc) is 3.11. The Hall–Kier alpha value is -2.34. The number of sulfone groups is 1. The van der Waals surface area contributed by atoms with Crippen molar-refractivity contribution >= 4 is 21.3 Å². The highest BCUT2D eigenvalue weighted by Crippen LogP contribution is 2.37. The van der Waals surface area contributed by atoms with Gasteiger partial charge < -0.3 is 0 Å². The fourth-order valence-electron chi connectivity index (χ4n) is 4.18. The molecule has 0 saturated heterocycles. The van der Waals surface area contributed by atoms with E-state index in [4.69, 9.17) is 0 Å². The molecule has 28 heavy (non-hydrogen) atoms. The van der Waals surface area contributed by atoms with Gasteiger partial charge in [0.2, 0.25) is 9.84 Å². The largest absolute Gasteiger partial charge is 0.297 e. The third-order valence-electron chi connectivity index (χ3n) is 5.63. The number of rotatable bonds is 5. The zero-order chi connectivity index (χ0) is 19.7. The van der Waals surface area contributed by atoms with E-state index >= 15 is 0 Å². The van der Waals surface area contributed by atoms with Gasteiger partial charge in [-0.2, -0.15) is 0 Å². The van der Waals surface area contributed by atoms with Crippen molar-refractivity contribution in [2.24, 2.45) is 4.99 Å². The van der Waals surface area contributed by atoms with Crippen molar-refractivity contribution in [3.05, 3.63) is 59.4 Å². The summed E-state index contributed by atoms with van der Waals surface area (Å²) in [4.78, 5) is 15.9. The Kier molecular flexibility index (Phi) is 5.15. The maximum Gasteiger partial charge on any atom is 0.206 e. The number of nitrogens with zero attached hydrogens (tertiary/aromatic N) is 1. The Labute approximate surface area is 164 Å². The molecule has 4 rings (SSSR count). The molecule has 1 aliphatic heterocycles. The fourth-order valence-corrected chi connectivity index (χ4v) is 5.52. The van der Waals surface area contributed by atoms with Gasteiger partial charge in [0.05, 0.1) is 16.3 Å². The van der Waals surface area contributed by atoms with E-state index in [9.17, 15) is 17.6 Å². The highest BCUT2D eigenvalue weighted by Gasteiger charge is 2.25. The molecule has 1 atom stereocenters. The number of hydrogen-bond acceptors (Lipinski definition) is 4. The SMILES string of the molecule is O=C1CN=C(CC[C@@H]2CCCc3cc(S(=O)(=O)c4cccc(F)c4)ccc32)C1. The van der Waals surface area contributed by atoms with Crippen LogP contribution in [0.2, 0.25) is 0 Å². The molecule has 0 bridgehead atoms. The van der Waals surface area contributed by atoms with Crippen LogP contribution in [0, 0.1) is 5.82 Å². The number of fused-ring (bicyclic) bond motifs is 1. The van der Waals surface area contributed by atoms with Gasteiger partial charge in [-0.1, -0.05) is 12.1 Å². The van der Waals surface area contributed by atoms with E-state index in [0.29, 0.717) is 18.9 Å². The predicted molar refractivity (Wildman–Crippen MR) is 105 cm³/mol. The number of Topliss-reactive ketones (excluding diaryl/α,β-unsaturated/α-hetero) is 1. The van der Waals surface area contributed by atoms with Gasteiger partial charge in [-0.3, -0.25) is 9.79 Å². The van der Waals surface area contributed by atoms with Crippen LogP contribution in [0.15, 0.2) is 57.2 Å². The van der Waals surface area contributed by atoms with E-state index < -0.39 is 15.7 Å². The van der Waals surface area contributed by atoms with Crippen molar-refractivity contribution in [3.63, 3.8) is 0 Å². The normalized spacial score (nSPS) is 19.4. The molecule has 0 aromatic heterocycles. The maximum atomic E-state index is 13.5. The zero-order valence-electron chi connectivity index (χ0n) is 15.5. The summed E-state index contributed by atoms with van der Waals surface area (Å²) in [6.07, 6.45) is 5.13. The predicted octanol–water partition coefficient (Wildman–Crippen LogP) is 4.27. The second kappa shape index (κ2) is 7.59. The third-order valence-corrected chi connectivity index (χ3v) is 7.38. The molecule has 2 aliphatic rings. The molecular weight excluding hydrogens is 377 g/mol. The lowest BCUT2D eigenvalue weighted by molar-refractivity contribution is -0.116. The van der Waals surface area contributed by atoms with Crippen LogP contribution in [0.25, 0.3) is 0 Å². The first-order valence-electron chi connectivity index (χ1n) is 9.61. The molecule has 0 N–H and O–H groups in total. The number of benzene rings is 2. The molecule has 1 heterocycles. The molecule has 146 valence electrons. The maximum absolute atomic E-state index is 13.5. The second-order valence-electron chi connectivity index (χ2n) is 7.55. The Morgan fingerprint density at radius 2 is 1.93 bits per heavy atom. The first kappa shape index (κ1) is 19.0. The lowest BCUT2D eigenvalue weighted by Gasteiger charge is -2.26. The Morgan fingerprint density at radius 3 is 2.68 bits per heavy atom. The number of hydrogen-bond donors (Lipinski definition) is 0. The van der Waals surface area contributed by atoms with Crippen LogP contribution >= 0.6 is 0 Å². The Morgan fingerprint density at radius 1 is 1.11 bits per heavy atom. The van der Waals surface area contributed by atoms with Crippen LogP contribution in [0.5, 0.6) is 0 Å². The minimum absolute atomic E-state index is 0.0243. The van der Waals surface area contributed by atoms with Gasteiger partial charge in [-0.05, 0) is 79.5 Å². The number of carbonyl (C=O) groups excluding carboxylic acids is 1. The molecule has 6 heteroatoms. The van der Waals surface area contributed by atoms with Crippen molar-refractivity contribution in [2.75, 3.05) is 6.54 Å². The summed E-state index contributed by atoms with van der Waals surface area (Å²) in [5.41, 5.74) is 3.23. The smallest absolute Gasteiger partial charge is 0.206 e. The molecular formula is C22H22FNO3S. The summed E-state index contributed by atoms with van der Waals surface area (Å²) in [5.74, 6) is -0.0216. The van der Waals surface area contributed by atoms with E-state index in [2.05, 4.69) is 4.99 Å². The van der Waals surface area contributed by atoms with Crippen LogP contribution in [0.3, 0.4) is 0 Å². The molecule has 2 aromatic rings. The third kappa shape index (κ3) is 3.78. The van der Waals surface area contributed by atoms with Crippen LogP contribution in [0.4, 0.5) is 4.39 Å². The van der Waals surface area contributed by atoms with E-state index in [-0.39, 0.29) is 15.6 Å². The van der Waals surface area contributed by atoms with Gasteiger partial charge in [-0.25, -0.2) is 12.8 Å². The van der Waals surface area contributed by atoms with Gasteiger partial charge in [0.1, 0.15) is 5.82 Å². The Balaban J connectivity index is 1.57. The van der Waals surface area contributed by atoms with E-state index in [0.717, 1.165) is 49.4 Å². The van der Waals surface area contributed by atoms with Gasteiger partial charge in [0.25, 0.3) is 0 Å². The molecule has 0 saturated carbocycles. The molecule has 0 fully saturated rings. The molecule has 4 nitrogen and oxygen atoms in total. The molecule has 0 unspecified atom stereocenters. The van der Waals surface area contributed by atoms with Gasteiger partial charge in [-0.15, -0.1) is 0 Å². The number of aryl methyl sites for hydroxylation is 1. The monoisotopic (exact) mass is 399 g/mol. The van der Waals surface area contributed by atoms with Crippen molar-refractivity contribution in [2.45, 2.75) is 54.2 Å². The fraction of sp³-hybridized carbons (Fsp3) is 0.364. The highest BCUT2D eigenvalue weighted by atomic mass is 32.2. The molecule has 0 radical (unpaired) electrons. The van der Waals surface area contributed by atoms with Gasteiger partial charge >= 0.3 is 0 Å². The van der Waals surface area contributed by atoms with Crippen molar-refractivity contribution in [1.29, 1.82) is 0 Å². The van der Waals surface area contributed by atoms with Crippen LogP contribution in [-0.2, 0) is 21.1 Å². The minimum Gasteiger partial charge on any atom is -0.297 e. The van der Waals surface area contributed by atoms with Gasteiger partial charge in [0, 0.05) is 12.1 Å². The lowest BCUT2D eigenvalue weighted by atomic mass is 9.80. The lowest BCUT2D eigenvalue weighted by Crippen LogP contribution is -2.13. The van der Waals surface area contributed by atoms with E-state index in [1.165, 1.54) is 23.8 Å². The average molecular weight is 399 g/mol. The summed E-state index contributed by atoms with van der Waals surface area (Å²) in [6.45, 7) is 0.317. The number of aliphatic imine (C=N–C) groups is 1. The second-order valence-corrected chi connectivity index (χ2v) is 9.50. The minimum atomic E-state index is -3.74. The summed E-state index contributed by atoms with van der Waals surface area (Å²) >= 11 is 0. The number of carbonyl (C=O) groups is 1. The zero-order valence-corrected chi connectivity index (χ0v) is 16.3. The molecule has 0 spiro atoms. The van der Waals surface area contributed by atoms with E-state index in [1.807, 2.05) is 6.07 Å². The van der Waals surface area contributed by atoms with Gasteiger partial charge in [0.15, 0.2) is 5.78 Å².